The smallest absolute Gasteiger partial charge is 0.236 e. The molecule has 1 amide bonds. The van der Waals surface area contributed by atoms with E-state index in [1.165, 1.54) is 0 Å². The van der Waals surface area contributed by atoms with Gasteiger partial charge in [-0.15, -0.1) is 5.10 Å². The van der Waals surface area contributed by atoms with E-state index in [4.69, 9.17) is 0 Å². The van der Waals surface area contributed by atoms with E-state index in [0.717, 1.165) is 31.9 Å². The van der Waals surface area contributed by atoms with Crippen molar-refractivity contribution in [2.24, 2.45) is 7.05 Å². The van der Waals surface area contributed by atoms with Crippen molar-refractivity contribution < 1.29 is 4.79 Å². The molecule has 1 aromatic rings. The number of rotatable bonds is 4. The average Bonchev–Trinajstić information content (AvgIpc) is 2.75. The van der Waals surface area contributed by atoms with Gasteiger partial charge < -0.3 is 10.2 Å². The highest BCUT2D eigenvalue weighted by Crippen LogP contribution is 2.00. The van der Waals surface area contributed by atoms with Gasteiger partial charge in [-0.3, -0.25) is 14.4 Å². The van der Waals surface area contributed by atoms with Crippen molar-refractivity contribution in [2.75, 3.05) is 39.8 Å². The molecule has 0 aliphatic carbocycles. The molecule has 1 aliphatic heterocycles. The van der Waals surface area contributed by atoms with Crippen LogP contribution in [-0.2, 0) is 18.4 Å². The maximum absolute atomic E-state index is 12.0. The second-order valence-electron chi connectivity index (χ2n) is 4.69. The third-order valence-corrected chi connectivity index (χ3v) is 2.96. The number of carbonyl (C=O) groups excluding carboxylic acids is 1. The normalized spacial score (nSPS) is 16.3. The number of nitrogens with one attached hydrogen (secondary N) is 1. The standard InChI is InChI=1S/C11H20N6O/c1-15(7-10-8-16(2)14-13-10)9-11(18)17-5-3-12-4-6-17/h8,12H,3-7,9H2,1-2H3. The summed E-state index contributed by atoms with van der Waals surface area (Å²) in [5.41, 5.74) is 0.883. The van der Waals surface area contributed by atoms with Crippen LogP contribution in [0.2, 0.25) is 0 Å². The first-order chi connectivity index (χ1) is 8.65. The maximum Gasteiger partial charge on any atom is 0.236 e. The lowest BCUT2D eigenvalue weighted by Crippen LogP contribution is -2.49. The second-order valence-corrected chi connectivity index (χ2v) is 4.69. The Morgan fingerprint density at radius 2 is 2.22 bits per heavy atom. The number of amides is 1. The van der Waals surface area contributed by atoms with Crippen LogP contribution in [-0.4, -0.2) is 70.5 Å². The SMILES string of the molecule is CN(CC(=O)N1CCNCC1)Cc1cn(C)nn1. The summed E-state index contributed by atoms with van der Waals surface area (Å²) in [4.78, 5) is 15.9. The number of piperazine rings is 1. The molecule has 0 aromatic carbocycles. The average molecular weight is 252 g/mol. The van der Waals surface area contributed by atoms with Gasteiger partial charge in [-0.05, 0) is 7.05 Å². The largest absolute Gasteiger partial charge is 0.339 e. The third kappa shape index (κ3) is 3.51. The quantitative estimate of drug-likeness (QED) is 0.720. The van der Waals surface area contributed by atoms with E-state index in [1.54, 1.807) is 4.68 Å². The predicted octanol–water partition coefficient (Wildman–Crippen LogP) is -1.32. The van der Waals surface area contributed by atoms with Crippen molar-refractivity contribution in [3.8, 4) is 0 Å². The fourth-order valence-corrected chi connectivity index (χ4v) is 2.05. The Bertz CT molecular complexity index is 398. The highest BCUT2D eigenvalue weighted by Gasteiger charge is 2.17. The van der Waals surface area contributed by atoms with Crippen LogP contribution in [0.1, 0.15) is 5.69 Å². The number of hydrogen-bond donors (Lipinski definition) is 1. The summed E-state index contributed by atoms with van der Waals surface area (Å²) in [5.74, 6) is 0.183. The molecule has 0 radical (unpaired) electrons. The summed E-state index contributed by atoms with van der Waals surface area (Å²) >= 11 is 0. The number of carbonyl (C=O) groups is 1. The molecule has 0 bridgehead atoms. The molecular weight excluding hydrogens is 232 g/mol. The van der Waals surface area contributed by atoms with Gasteiger partial charge in [0, 0.05) is 46.0 Å². The van der Waals surface area contributed by atoms with Crippen LogP contribution in [0.4, 0.5) is 0 Å². The monoisotopic (exact) mass is 252 g/mol. The minimum absolute atomic E-state index is 0.183. The van der Waals surface area contributed by atoms with Crippen LogP contribution < -0.4 is 5.32 Å². The van der Waals surface area contributed by atoms with E-state index in [1.807, 2.05) is 30.1 Å². The maximum atomic E-state index is 12.0. The Kier molecular flexibility index (Phi) is 4.27. The van der Waals surface area contributed by atoms with Crippen molar-refractivity contribution in [1.82, 2.24) is 30.1 Å². The fraction of sp³-hybridized carbons (Fsp3) is 0.727. The minimum atomic E-state index is 0.183. The highest BCUT2D eigenvalue weighted by atomic mass is 16.2. The van der Waals surface area contributed by atoms with Gasteiger partial charge in [0.15, 0.2) is 0 Å². The molecule has 1 fully saturated rings. The zero-order valence-corrected chi connectivity index (χ0v) is 11.0. The number of aryl methyl sites for hydroxylation is 1. The van der Waals surface area contributed by atoms with Gasteiger partial charge in [-0.1, -0.05) is 5.21 Å². The second kappa shape index (κ2) is 5.92. The van der Waals surface area contributed by atoms with Gasteiger partial charge in [0.05, 0.1) is 12.2 Å². The number of aromatic nitrogens is 3. The summed E-state index contributed by atoms with van der Waals surface area (Å²) in [6.45, 7) is 4.46. The summed E-state index contributed by atoms with van der Waals surface area (Å²) < 4.78 is 1.67. The van der Waals surface area contributed by atoms with Crippen LogP contribution in [0.3, 0.4) is 0 Å². The number of likely N-dealkylation sites (N-methyl/N-ethyl adjacent to an activating group) is 1. The van der Waals surface area contributed by atoms with Crippen molar-refractivity contribution in [3.63, 3.8) is 0 Å². The molecule has 2 heterocycles. The molecule has 2 rings (SSSR count). The Balaban J connectivity index is 1.79. The van der Waals surface area contributed by atoms with E-state index in [0.29, 0.717) is 13.1 Å². The van der Waals surface area contributed by atoms with Crippen LogP contribution in [0.5, 0.6) is 0 Å². The van der Waals surface area contributed by atoms with E-state index in [9.17, 15) is 4.79 Å². The molecule has 0 saturated carbocycles. The van der Waals surface area contributed by atoms with Gasteiger partial charge in [0.1, 0.15) is 0 Å². The van der Waals surface area contributed by atoms with Gasteiger partial charge >= 0.3 is 0 Å². The molecule has 1 saturated heterocycles. The minimum Gasteiger partial charge on any atom is -0.339 e. The molecule has 100 valence electrons. The molecular formula is C11H20N6O. The molecule has 0 spiro atoms. The Labute approximate surface area is 107 Å². The van der Waals surface area contributed by atoms with Crippen molar-refractivity contribution >= 4 is 5.91 Å². The molecule has 1 aromatic heterocycles. The molecule has 1 aliphatic rings. The zero-order chi connectivity index (χ0) is 13.0. The first kappa shape index (κ1) is 13.0. The predicted molar refractivity (Wildman–Crippen MR) is 66.8 cm³/mol. The molecule has 1 N–H and O–H groups in total. The van der Waals surface area contributed by atoms with Gasteiger partial charge in [0.2, 0.25) is 5.91 Å². The molecule has 7 heteroatoms. The van der Waals surface area contributed by atoms with E-state index in [2.05, 4.69) is 15.6 Å². The summed E-state index contributed by atoms with van der Waals surface area (Å²) in [7, 11) is 3.76. The van der Waals surface area contributed by atoms with E-state index in [-0.39, 0.29) is 5.91 Å². The summed E-state index contributed by atoms with van der Waals surface area (Å²) in [6.07, 6.45) is 1.87. The molecule has 0 unspecified atom stereocenters. The first-order valence-electron chi connectivity index (χ1n) is 6.17. The summed E-state index contributed by atoms with van der Waals surface area (Å²) in [6, 6.07) is 0. The lowest BCUT2D eigenvalue weighted by Gasteiger charge is -2.29. The lowest BCUT2D eigenvalue weighted by atomic mass is 10.3. The topological polar surface area (TPSA) is 66.3 Å². The van der Waals surface area contributed by atoms with E-state index >= 15 is 0 Å². The Morgan fingerprint density at radius 3 is 2.83 bits per heavy atom. The van der Waals surface area contributed by atoms with Gasteiger partial charge in [0.25, 0.3) is 0 Å². The summed E-state index contributed by atoms with van der Waals surface area (Å²) in [5, 5.41) is 11.1. The molecule has 0 atom stereocenters. The van der Waals surface area contributed by atoms with Crippen LogP contribution in [0.25, 0.3) is 0 Å². The van der Waals surface area contributed by atoms with Gasteiger partial charge in [-0.2, -0.15) is 0 Å². The van der Waals surface area contributed by atoms with Crippen molar-refractivity contribution in [3.05, 3.63) is 11.9 Å². The Morgan fingerprint density at radius 1 is 1.50 bits per heavy atom. The van der Waals surface area contributed by atoms with Crippen molar-refractivity contribution in [1.29, 1.82) is 0 Å². The van der Waals surface area contributed by atoms with Gasteiger partial charge in [-0.25, -0.2) is 0 Å². The van der Waals surface area contributed by atoms with Crippen LogP contribution >= 0.6 is 0 Å². The van der Waals surface area contributed by atoms with Crippen molar-refractivity contribution in [2.45, 2.75) is 6.54 Å². The highest BCUT2D eigenvalue weighted by molar-refractivity contribution is 5.78. The van der Waals surface area contributed by atoms with E-state index < -0.39 is 0 Å². The van der Waals surface area contributed by atoms with Crippen LogP contribution in [0.15, 0.2) is 6.20 Å². The first-order valence-corrected chi connectivity index (χ1v) is 6.17. The lowest BCUT2D eigenvalue weighted by molar-refractivity contribution is -0.132. The fourth-order valence-electron chi connectivity index (χ4n) is 2.05. The van der Waals surface area contributed by atoms with Crippen LogP contribution in [0, 0.1) is 0 Å². The molecule has 18 heavy (non-hydrogen) atoms. The third-order valence-electron chi connectivity index (χ3n) is 2.96. The molecule has 7 nitrogen and oxygen atoms in total. The zero-order valence-electron chi connectivity index (χ0n) is 11.0. The number of nitrogens with zero attached hydrogens (tertiary/aromatic N) is 5. The number of hydrogen-bond acceptors (Lipinski definition) is 5. The Hall–Kier alpha value is -1.47.